The van der Waals surface area contributed by atoms with Gasteiger partial charge in [0, 0.05) is 12.1 Å². The zero-order valence-corrected chi connectivity index (χ0v) is 16.2. The standard InChI is InChI=1S/C18H22O5P.Li.H/c1-5-23-24(22-4,14-9-7-6-8-10-14)15-11-17(20-2)16(13-19)18(12-15)21-3;;/h6-13H,5H2,1-4H3;;/q2*+1;-1. The molecule has 0 aliphatic heterocycles. The first kappa shape index (κ1) is 21.7. The number of hydrogen-bond donors (Lipinski definition) is 0. The zero-order chi connectivity index (χ0) is 17.6. The summed E-state index contributed by atoms with van der Waals surface area (Å²) < 4.78 is 22.8. The maximum Gasteiger partial charge on any atom is 1.00 e. The van der Waals surface area contributed by atoms with Crippen LogP contribution in [0.2, 0.25) is 0 Å². The Kier molecular flexibility index (Phi) is 8.65. The quantitative estimate of drug-likeness (QED) is 0.382. The fourth-order valence-corrected chi connectivity index (χ4v) is 5.20. The summed E-state index contributed by atoms with van der Waals surface area (Å²) in [6.45, 7) is 2.40. The largest absolute Gasteiger partial charge is 1.00 e. The van der Waals surface area contributed by atoms with E-state index in [2.05, 4.69) is 0 Å². The summed E-state index contributed by atoms with van der Waals surface area (Å²) in [7, 11) is 2.09. The van der Waals surface area contributed by atoms with Crippen LogP contribution < -0.4 is 38.9 Å². The van der Waals surface area contributed by atoms with Crippen molar-refractivity contribution in [2.75, 3.05) is 27.9 Å². The topological polar surface area (TPSA) is 54.0 Å². The van der Waals surface area contributed by atoms with Crippen LogP contribution in [0.3, 0.4) is 0 Å². The van der Waals surface area contributed by atoms with Crippen LogP contribution >= 0.6 is 7.72 Å². The normalized spacial score (nSPS) is 12.6. The fourth-order valence-electron chi connectivity index (χ4n) is 2.58. The fraction of sp³-hybridized carbons (Fsp3) is 0.278. The molecule has 1 atom stereocenters. The average molecular weight is 357 g/mol. The molecule has 130 valence electrons. The van der Waals surface area contributed by atoms with Crippen LogP contribution in [0.1, 0.15) is 18.7 Å². The van der Waals surface area contributed by atoms with Crippen LogP contribution in [0.15, 0.2) is 42.5 Å². The molecule has 0 N–H and O–H groups in total. The molecule has 5 nitrogen and oxygen atoms in total. The van der Waals surface area contributed by atoms with Crippen molar-refractivity contribution in [3.63, 3.8) is 0 Å². The van der Waals surface area contributed by atoms with Gasteiger partial charge in [0.25, 0.3) is 0 Å². The molecule has 0 heterocycles. The third-order valence-corrected chi connectivity index (χ3v) is 6.70. The number of aldehydes is 1. The van der Waals surface area contributed by atoms with Crippen molar-refractivity contribution in [3.8, 4) is 11.5 Å². The number of hydrogen-bond acceptors (Lipinski definition) is 5. The van der Waals surface area contributed by atoms with E-state index in [1.165, 1.54) is 14.2 Å². The number of carbonyl (C=O) groups excluding carboxylic acids is 1. The van der Waals surface area contributed by atoms with E-state index >= 15 is 0 Å². The summed E-state index contributed by atoms with van der Waals surface area (Å²) in [5.74, 6) is 0.854. The van der Waals surface area contributed by atoms with Crippen LogP contribution in [0, 0.1) is 0 Å². The third-order valence-electron chi connectivity index (χ3n) is 3.65. The zero-order valence-electron chi connectivity index (χ0n) is 16.3. The third kappa shape index (κ3) is 4.26. The molecule has 0 aromatic heterocycles. The van der Waals surface area contributed by atoms with Crippen molar-refractivity contribution in [1.82, 2.24) is 0 Å². The molecule has 2 rings (SSSR count). The Bertz CT molecular complexity index is 676. The number of rotatable bonds is 8. The molecular weight excluding hydrogens is 334 g/mol. The predicted molar refractivity (Wildman–Crippen MR) is 97.3 cm³/mol. The molecule has 0 radical (unpaired) electrons. The first-order valence-corrected chi connectivity index (χ1v) is 9.16. The van der Waals surface area contributed by atoms with Crippen LogP contribution in [-0.2, 0) is 9.05 Å². The van der Waals surface area contributed by atoms with Crippen LogP contribution in [0.25, 0.3) is 0 Å². The molecule has 2 aromatic rings. The Morgan fingerprint density at radius 2 is 1.56 bits per heavy atom. The molecule has 0 aliphatic rings. The molecule has 2 aromatic carbocycles. The van der Waals surface area contributed by atoms with Gasteiger partial charge in [-0.2, -0.15) is 9.05 Å². The summed E-state index contributed by atoms with van der Waals surface area (Å²) in [5.41, 5.74) is 0.363. The van der Waals surface area contributed by atoms with Crippen molar-refractivity contribution in [2.24, 2.45) is 0 Å². The van der Waals surface area contributed by atoms with Gasteiger partial charge in [0.05, 0.1) is 33.5 Å². The summed E-state index contributed by atoms with van der Waals surface area (Å²) in [6, 6.07) is 13.3. The van der Waals surface area contributed by atoms with Crippen molar-refractivity contribution in [3.05, 3.63) is 48.0 Å². The van der Waals surface area contributed by atoms with E-state index in [0.717, 1.165) is 16.9 Å². The molecular formula is C18H23LiO5P+. The summed E-state index contributed by atoms with van der Waals surface area (Å²) >= 11 is 0. The van der Waals surface area contributed by atoms with Crippen LogP contribution in [0.4, 0.5) is 0 Å². The van der Waals surface area contributed by atoms with E-state index < -0.39 is 7.72 Å². The van der Waals surface area contributed by atoms with E-state index in [1.807, 2.05) is 37.3 Å². The molecule has 0 fully saturated rings. The number of carbonyl (C=O) groups is 1. The van der Waals surface area contributed by atoms with Gasteiger partial charge in [-0.3, -0.25) is 4.79 Å². The van der Waals surface area contributed by atoms with E-state index in [0.29, 0.717) is 23.7 Å². The second kappa shape index (κ2) is 9.96. The molecule has 0 saturated heterocycles. The van der Waals surface area contributed by atoms with Gasteiger partial charge in [0.2, 0.25) is 0 Å². The summed E-state index contributed by atoms with van der Waals surface area (Å²) in [5, 5.41) is 1.73. The Labute approximate surface area is 162 Å². The van der Waals surface area contributed by atoms with Gasteiger partial charge >= 0.3 is 26.6 Å². The van der Waals surface area contributed by atoms with Gasteiger partial charge in [0.15, 0.2) is 16.9 Å². The predicted octanol–water partition coefficient (Wildman–Crippen LogP) is 0.114. The van der Waals surface area contributed by atoms with Crippen molar-refractivity contribution in [2.45, 2.75) is 6.92 Å². The second-order valence-electron chi connectivity index (χ2n) is 4.87. The minimum Gasteiger partial charge on any atom is -1.00 e. The molecule has 7 heteroatoms. The molecule has 0 aliphatic carbocycles. The van der Waals surface area contributed by atoms with Crippen molar-refractivity contribution >= 4 is 24.6 Å². The van der Waals surface area contributed by atoms with Gasteiger partial charge < -0.3 is 10.9 Å². The van der Waals surface area contributed by atoms with Gasteiger partial charge in [-0.25, -0.2) is 0 Å². The molecule has 25 heavy (non-hydrogen) atoms. The van der Waals surface area contributed by atoms with Crippen molar-refractivity contribution < 1.29 is 43.6 Å². The minimum absolute atomic E-state index is 0. The number of benzene rings is 2. The maximum absolute atomic E-state index is 11.4. The van der Waals surface area contributed by atoms with E-state index in [4.69, 9.17) is 18.5 Å². The van der Waals surface area contributed by atoms with Gasteiger partial charge in [-0.15, -0.1) is 0 Å². The first-order valence-electron chi connectivity index (χ1n) is 7.53. The summed E-state index contributed by atoms with van der Waals surface area (Å²) in [4.78, 5) is 11.4. The van der Waals surface area contributed by atoms with Crippen LogP contribution in [0.5, 0.6) is 11.5 Å². The molecule has 1 unspecified atom stereocenters. The second-order valence-corrected chi connectivity index (χ2v) is 7.63. The molecule has 0 bridgehead atoms. The average Bonchev–Trinajstić information content (AvgIpc) is 2.65. The van der Waals surface area contributed by atoms with Crippen LogP contribution in [-0.4, -0.2) is 34.2 Å². The number of ether oxygens (including phenoxy) is 2. The van der Waals surface area contributed by atoms with Crippen molar-refractivity contribution in [1.29, 1.82) is 0 Å². The Morgan fingerprint density at radius 3 is 1.96 bits per heavy atom. The minimum atomic E-state index is -2.57. The van der Waals surface area contributed by atoms with E-state index in [-0.39, 0.29) is 20.3 Å². The van der Waals surface area contributed by atoms with Gasteiger partial charge in [-0.05, 0) is 19.1 Å². The Morgan fingerprint density at radius 1 is 1.00 bits per heavy atom. The number of methoxy groups -OCH3 is 2. The molecule has 0 saturated carbocycles. The van der Waals surface area contributed by atoms with E-state index in [1.54, 1.807) is 19.2 Å². The molecule has 0 spiro atoms. The Hall–Kier alpha value is -1.34. The smallest absolute Gasteiger partial charge is 1.00 e. The van der Waals surface area contributed by atoms with Gasteiger partial charge in [0.1, 0.15) is 11.5 Å². The SMILES string of the molecule is CCO[P+](OC)(c1ccccc1)c1cc(OC)c(C=O)c(OC)c1.[H-].[Li+]. The molecule has 0 amide bonds. The van der Waals surface area contributed by atoms with Gasteiger partial charge in [-0.1, -0.05) is 18.2 Å². The maximum atomic E-state index is 11.4. The summed E-state index contributed by atoms with van der Waals surface area (Å²) in [6.07, 6.45) is 0.720. The monoisotopic (exact) mass is 357 g/mol. The first-order chi connectivity index (χ1) is 11.7. The van der Waals surface area contributed by atoms with E-state index in [9.17, 15) is 4.79 Å². The Balaban J connectivity index is 0.00000312.